The van der Waals surface area contributed by atoms with Crippen molar-refractivity contribution in [1.82, 2.24) is 4.72 Å². The first-order chi connectivity index (χ1) is 9.49. The van der Waals surface area contributed by atoms with E-state index in [4.69, 9.17) is 14.2 Å². The van der Waals surface area contributed by atoms with E-state index in [9.17, 15) is 8.42 Å². The van der Waals surface area contributed by atoms with Crippen LogP contribution in [-0.2, 0) is 14.8 Å². The predicted molar refractivity (Wildman–Crippen MR) is 73.7 cm³/mol. The fraction of sp³-hybridized carbons (Fsp3) is 0.538. The van der Waals surface area contributed by atoms with E-state index in [1.54, 1.807) is 6.07 Å². The monoisotopic (exact) mass is 301 g/mol. The smallest absolute Gasteiger partial charge is 0.240 e. The Bertz CT molecular complexity index is 556. The highest BCUT2D eigenvalue weighted by Gasteiger charge is 2.18. The molecule has 0 aliphatic carbocycles. The van der Waals surface area contributed by atoms with Crippen molar-refractivity contribution in [2.24, 2.45) is 0 Å². The quantitative estimate of drug-likeness (QED) is 0.798. The summed E-state index contributed by atoms with van der Waals surface area (Å²) in [7, 11) is -3.56. The Morgan fingerprint density at radius 1 is 1.25 bits per heavy atom. The molecular formula is C13H19NO5S. The Morgan fingerprint density at radius 3 is 2.65 bits per heavy atom. The van der Waals surface area contributed by atoms with Crippen LogP contribution in [0.3, 0.4) is 0 Å². The fourth-order valence-electron chi connectivity index (χ4n) is 1.74. The molecule has 2 rings (SSSR count). The standard InChI is InChI=1S/C13H19NO5S/c1-10(2)17-6-5-14-20(15,16)11-3-4-12-13(9-11)19-8-7-18-12/h3-4,9-10,14H,5-8H2,1-2H3. The first kappa shape index (κ1) is 15.1. The molecule has 0 radical (unpaired) electrons. The molecule has 1 heterocycles. The molecule has 1 N–H and O–H groups in total. The molecule has 1 aliphatic rings. The van der Waals surface area contributed by atoms with E-state index in [1.807, 2.05) is 13.8 Å². The lowest BCUT2D eigenvalue weighted by Gasteiger charge is -2.19. The summed E-state index contributed by atoms with van der Waals surface area (Å²) in [6.07, 6.45) is 0.0776. The van der Waals surface area contributed by atoms with Crippen LogP contribution >= 0.6 is 0 Å². The Labute approximate surface area is 119 Å². The van der Waals surface area contributed by atoms with E-state index in [0.29, 0.717) is 31.3 Å². The number of hydrogen-bond acceptors (Lipinski definition) is 5. The van der Waals surface area contributed by atoms with Crippen LogP contribution in [0.1, 0.15) is 13.8 Å². The zero-order valence-corrected chi connectivity index (χ0v) is 12.4. The highest BCUT2D eigenvalue weighted by molar-refractivity contribution is 7.89. The summed E-state index contributed by atoms with van der Waals surface area (Å²) in [5.74, 6) is 1.02. The summed E-state index contributed by atoms with van der Waals surface area (Å²) in [5, 5.41) is 0. The topological polar surface area (TPSA) is 73.9 Å². The second kappa shape index (κ2) is 6.43. The van der Waals surface area contributed by atoms with Gasteiger partial charge >= 0.3 is 0 Å². The molecule has 1 aromatic rings. The van der Waals surface area contributed by atoms with Gasteiger partial charge in [0.05, 0.1) is 17.6 Å². The maximum Gasteiger partial charge on any atom is 0.240 e. The van der Waals surface area contributed by atoms with E-state index in [0.717, 1.165) is 0 Å². The van der Waals surface area contributed by atoms with Crippen molar-refractivity contribution < 1.29 is 22.6 Å². The molecule has 6 nitrogen and oxygen atoms in total. The van der Waals surface area contributed by atoms with Gasteiger partial charge in [0.15, 0.2) is 11.5 Å². The minimum Gasteiger partial charge on any atom is -0.486 e. The number of rotatable bonds is 6. The molecule has 0 unspecified atom stereocenters. The van der Waals surface area contributed by atoms with Crippen LogP contribution in [0.5, 0.6) is 11.5 Å². The third kappa shape index (κ3) is 3.84. The van der Waals surface area contributed by atoms with Gasteiger partial charge in [0.1, 0.15) is 13.2 Å². The number of fused-ring (bicyclic) bond motifs is 1. The maximum atomic E-state index is 12.1. The molecule has 7 heteroatoms. The molecule has 0 bridgehead atoms. The SMILES string of the molecule is CC(C)OCCNS(=O)(=O)c1ccc2c(c1)OCCO2. The van der Waals surface area contributed by atoms with Gasteiger partial charge in [-0.25, -0.2) is 13.1 Å². The van der Waals surface area contributed by atoms with Crippen LogP contribution in [-0.4, -0.2) is 40.9 Å². The summed E-state index contributed by atoms with van der Waals surface area (Å²) < 4.78 is 42.7. The summed E-state index contributed by atoms with van der Waals surface area (Å²) in [6.45, 7) is 5.26. The van der Waals surface area contributed by atoms with Gasteiger partial charge in [0.25, 0.3) is 0 Å². The normalized spacial score (nSPS) is 14.6. The van der Waals surface area contributed by atoms with Crippen LogP contribution in [0, 0.1) is 0 Å². The summed E-state index contributed by atoms with van der Waals surface area (Å²) in [6, 6.07) is 4.58. The Balaban J connectivity index is 2.02. The molecule has 0 fully saturated rings. The van der Waals surface area contributed by atoms with E-state index >= 15 is 0 Å². The van der Waals surface area contributed by atoms with Crippen molar-refractivity contribution in [1.29, 1.82) is 0 Å². The number of ether oxygens (including phenoxy) is 3. The Hall–Kier alpha value is -1.31. The van der Waals surface area contributed by atoms with Crippen LogP contribution in [0.25, 0.3) is 0 Å². The van der Waals surface area contributed by atoms with Gasteiger partial charge in [-0.05, 0) is 26.0 Å². The Morgan fingerprint density at radius 2 is 1.95 bits per heavy atom. The van der Waals surface area contributed by atoms with Gasteiger partial charge in [-0.3, -0.25) is 0 Å². The molecule has 1 aromatic carbocycles. The maximum absolute atomic E-state index is 12.1. The number of hydrogen-bond donors (Lipinski definition) is 1. The van der Waals surface area contributed by atoms with Crippen molar-refractivity contribution in [3.8, 4) is 11.5 Å². The van der Waals surface area contributed by atoms with Gasteiger partial charge in [0, 0.05) is 12.6 Å². The van der Waals surface area contributed by atoms with Crippen LogP contribution in [0.15, 0.2) is 23.1 Å². The lowest BCUT2D eigenvalue weighted by Crippen LogP contribution is -2.28. The average molecular weight is 301 g/mol. The predicted octanol–water partition coefficient (Wildman–Crippen LogP) is 1.16. The number of sulfonamides is 1. The largest absolute Gasteiger partial charge is 0.486 e. The van der Waals surface area contributed by atoms with Crippen LogP contribution < -0.4 is 14.2 Å². The van der Waals surface area contributed by atoms with E-state index in [1.165, 1.54) is 12.1 Å². The van der Waals surface area contributed by atoms with Crippen molar-refractivity contribution in [2.75, 3.05) is 26.4 Å². The zero-order chi connectivity index (χ0) is 14.6. The molecule has 0 saturated heterocycles. The number of nitrogens with one attached hydrogen (secondary N) is 1. The minimum absolute atomic E-state index is 0.0776. The fourth-order valence-corrected chi connectivity index (χ4v) is 2.77. The van der Waals surface area contributed by atoms with Crippen molar-refractivity contribution in [3.05, 3.63) is 18.2 Å². The van der Waals surface area contributed by atoms with E-state index in [2.05, 4.69) is 4.72 Å². The second-order valence-corrected chi connectivity index (χ2v) is 6.39. The number of benzene rings is 1. The van der Waals surface area contributed by atoms with Gasteiger partial charge in [-0.1, -0.05) is 0 Å². The van der Waals surface area contributed by atoms with E-state index < -0.39 is 10.0 Å². The molecule has 20 heavy (non-hydrogen) atoms. The highest BCUT2D eigenvalue weighted by Crippen LogP contribution is 2.32. The van der Waals surface area contributed by atoms with E-state index in [-0.39, 0.29) is 17.5 Å². The second-order valence-electron chi connectivity index (χ2n) is 4.62. The molecular weight excluding hydrogens is 282 g/mol. The molecule has 0 aromatic heterocycles. The zero-order valence-electron chi connectivity index (χ0n) is 11.6. The molecule has 0 atom stereocenters. The third-order valence-electron chi connectivity index (χ3n) is 2.67. The van der Waals surface area contributed by atoms with Crippen molar-refractivity contribution in [2.45, 2.75) is 24.8 Å². The van der Waals surface area contributed by atoms with Crippen LogP contribution in [0.2, 0.25) is 0 Å². The summed E-state index contributed by atoms with van der Waals surface area (Å²) >= 11 is 0. The first-order valence-corrected chi connectivity index (χ1v) is 7.98. The summed E-state index contributed by atoms with van der Waals surface area (Å²) in [5.41, 5.74) is 0. The minimum atomic E-state index is -3.56. The van der Waals surface area contributed by atoms with Crippen molar-refractivity contribution in [3.63, 3.8) is 0 Å². The van der Waals surface area contributed by atoms with Gasteiger partial charge < -0.3 is 14.2 Å². The first-order valence-electron chi connectivity index (χ1n) is 6.50. The Kier molecular flexibility index (Phi) is 4.85. The summed E-state index contributed by atoms with van der Waals surface area (Å²) in [4.78, 5) is 0.159. The van der Waals surface area contributed by atoms with Crippen LogP contribution in [0.4, 0.5) is 0 Å². The molecule has 0 spiro atoms. The molecule has 0 saturated carbocycles. The highest BCUT2D eigenvalue weighted by atomic mass is 32.2. The molecule has 0 amide bonds. The third-order valence-corrected chi connectivity index (χ3v) is 4.13. The molecule has 1 aliphatic heterocycles. The lowest BCUT2D eigenvalue weighted by molar-refractivity contribution is 0.0834. The van der Waals surface area contributed by atoms with Gasteiger partial charge in [-0.2, -0.15) is 0 Å². The van der Waals surface area contributed by atoms with Crippen molar-refractivity contribution >= 4 is 10.0 Å². The lowest BCUT2D eigenvalue weighted by atomic mass is 10.3. The van der Waals surface area contributed by atoms with Gasteiger partial charge in [-0.15, -0.1) is 0 Å². The van der Waals surface area contributed by atoms with Gasteiger partial charge in [0.2, 0.25) is 10.0 Å². The average Bonchev–Trinajstić information content (AvgIpc) is 2.43. The molecule has 112 valence electrons.